The van der Waals surface area contributed by atoms with Gasteiger partial charge in [0.1, 0.15) is 53.2 Å². The number of benzene rings is 3. The summed E-state index contributed by atoms with van der Waals surface area (Å²) < 4.78 is 96.1. The second-order valence-electron chi connectivity index (χ2n) is 21.1. The molecule has 3 aromatic rings. The summed E-state index contributed by atoms with van der Waals surface area (Å²) in [5.41, 5.74) is 0.799. The van der Waals surface area contributed by atoms with Crippen molar-refractivity contribution in [3.63, 3.8) is 0 Å². The van der Waals surface area contributed by atoms with E-state index in [-0.39, 0.29) is 54.5 Å². The first kappa shape index (κ1) is 59.4. The Bertz CT molecular complexity index is 2030. The van der Waals surface area contributed by atoms with Gasteiger partial charge in [-0.2, -0.15) is 0 Å². The van der Waals surface area contributed by atoms with E-state index in [0.29, 0.717) is 41.9 Å². The van der Waals surface area contributed by atoms with Gasteiger partial charge in [0.05, 0.1) is 19.8 Å². The van der Waals surface area contributed by atoms with E-state index in [1.807, 2.05) is 76.2 Å². The van der Waals surface area contributed by atoms with Crippen molar-refractivity contribution in [1.29, 1.82) is 0 Å². The maximum absolute atomic E-state index is 13.3. The van der Waals surface area contributed by atoms with Crippen molar-refractivity contribution in [2.45, 2.75) is 183 Å². The molecule has 3 amide bonds. The van der Waals surface area contributed by atoms with Gasteiger partial charge in [-0.3, -0.25) is 14.4 Å². The topological polar surface area (TPSA) is 115 Å². The fourth-order valence-electron chi connectivity index (χ4n) is 7.05. The summed E-state index contributed by atoms with van der Waals surface area (Å²) >= 11 is 0. The summed E-state index contributed by atoms with van der Waals surface area (Å²) in [7, 11) is 0. The third-order valence-corrected chi connectivity index (χ3v) is 9.73. The lowest BCUT2D eigenvalue weighted by Crippen LogP contribution is -2.47. The fourth-order valence-corrected chi connectivity index (χ4v) is 7.05. The van der Waals surface area contributed by atoms with E-state index in [4.69, 9.17) is 14.2 Å². The molecule has 1 aliphatic rings. The van der Waals surface area contributed by atoms with Crippen LogP contribution in [0, 0.1) is 46.7 Å². The molecule has 0 spiro atoms. The Balaban J connectivity index is 0.000000351. The molecule has 3 unspecified atom stereocenters. The molecule has 9 nitrogen and oxygen atoms in total. The van der Waals surface area contributed by atoms with E-state index in [1.54, 1.807) is 6.92 Å². The first-order valence-electron chi connectivity index (χ1n) is 23.2. The van der Waals surface area contributed by atoms with Gasteiger partial charge in [-0.1, -0.05) is 45.1 Å². The first-order valence-corrected chi connectivity index (χ1v) is 23.2. The summed E-state index contributed by atoms with van der Waals surface area (Å²) in [6, 6.07) is 9.67. The van der Waals surface area contributed by atoms with Crippen molar-refractivity contribution in [3.8, 4) is 0 Å². The number of carbonyl (C=O) groups is 3. The number of hydrogen-bond donors (Lipinski definition) is 3. The minimum absolute atomic E-state index is 0.0103. The molecule has 380 valence electrons. The van der Waals surface area contributed by atoms with Crippen LogP contribution >= 0.6 is 0 Å². The normalized spacial score (nSPS) is 14.5. The molecule has 1 saturated carbocycles. The van der Waals surface area contributed by atoms with E-state index in [1.165, 1.54) is 49.2 Å². The lowest BCUT2D eigenvalue weighted by atomic mass is 9.98. The lowest BCUT2D eigenvalue weighted by molar-refractivity contribution is -0.137. The Morgan fingerprint density at radius 1 is 0.544 bits per heavy atom. The zero-order valence-corrected chi connectivity index (χ0v) is 42.1. The van der Waals surface area contributed by atoms with Crippen LogP contribution in [-0.2, 0) is 48.4 Å². The molecule has 3 atom stereocenters. The molecule has 1 aliphatic carbocycles. The van der Waals surface area contributed by atoms with Crippen molar-refractivity contribution in [2.75, 3.05) is 0 Å². The number of hydrogen-bond acceptors (Lipinski definition) is 6. The van der Waals surface area contributed by atoms with Gasteiger partial charge < -0.3 is 30.2 Å². The van der Waals surface area contributed by atoms with Gasteiger partial charge in [0.25, 0.3) is 0 Å². The van der Waals surface area contributed by atoms with Gasteiger partial charge in [-0.15, -0.1) is 6.58 Å². The van der Waals surface area contributed by atoms with Gasteiger partial charge in [0, 0.05) is 41.2 Å². The van der Waals surface area contributed by atoms with E-state index < -0.39 is 58.8 Å². The molecule has 0 bridgehead atoms. The number of carbonyl (C=O) groups excluding carboxylic acids is 3. The molecule has 4 rings (SSSR count). The Morgan fingerprint density at radius 3 is 1.15 bits per heavy atom. The van der Waals surface area contributed by atoms with Crippen LogP contribution in [0.15, 0.2) is 66.7 Å². The van der Waals surface area contributed by atoms with Crippen molar-refractivity contribution in [3.05, 3.63) is 118 Å². The monoisotopic (exact) mass is 964 g/mol. The molecular formula is C53H75F6N3O6. The molecule has 1 fully saturated rings. The quantitative estimate of drug-likeness (QED) is 0.0864. The molecule has 0 saturated heterocycles. The minimum Gasteiger partial charge on any atom is -0.364 e. The fraction of sp³-hybridized carbons (Fsp3) is 0.566. The van der Waals surface area contributed by atoms with Crippen molar-refractivity contribution >= 4 is 17.7 Å². The molecule has 0 heterocycles. The number of ether oxygens (including phenoxy) is 3. The highest BCUT2D eigenvalue weighted by molar-refractivity contribution is 5.82. The van der Waals surface area contributed by atoms with Crippen LogP contribution in [0.1, 0.15) is 145 Å². The molecule has 0 aliphatic heterocycles. The van der Waals surface area contributed by atoms with Gasteiger partial charge in [0.2, 0.25) is 17.7 Å². The average molecular weight is 964 g/mol. The summed E-state index contributed by atoms with van der Waals surface area (Å²) in [4.78, 5) is 37.0. The third kappa shape index (κ3) is 26.1. The standard InChI is InChI=1S/C19H27F2NO2.C17H25F2NO2.C17H23F2NO2/c1-19(2,3)22-18(23)17(10-13-6-4-5-7-13)24-12-14-8-15(20)11-16(21)9-14;2*1-11(2)6-15(16(21)20-17(3,4)5)22-10-12-7-13(18)9-14(19)8-12/h8-9,11,13,17H,4-7,10,12H2,1-3H3,(H,22,23);7-9,11,15H,6,10H2,1-5H3,(H,20,21);7-9,15H,1,6,10H2,2-5H3,(H,20,21). The highest BCUT2D eigenvalue weighted by atomic mass is 19.2. The van der Waals surface area contributed by atoms with E-state index in [0.717, 1.165) is 36.6 Å². The predicted molar refractivity (Wildman–Crippen MR) is 254 cm³/mol. The van der Waals surface area contributed by atoms with Crippen LogP contribution in [0.3, 0.4) is 0 Å². The number of rotatable bonds is 18. The van der Waals surface area contributed by atoms with Gasteiger partial charge >= 0.3 is 0 Å². The second-order valence-corrected chi connectivity index (χ2v) is 21.1. The number of halogens is 6. The Labute approximate surface area is 400 Å². The van der Waals surface area contributed by atoms with Gasteiger partial charge in [0.15, 0.2) is 0 Å². The number of nitrogens with one attached hydrogen (secondary N) is 3. The van der Waals surface area contributed by atoms with E-state index in [9.17, 15) is 40.7 Å². The first-order chi connectivity index (χ1) is 31.4. The van der Waals surface area contributed by atoms with Crippen molar-refractivity contribution < 1.29 is 54.9 Å². The van der Waals surface area contributed by atoms with Gasteiger partial charge in [-0.25, -0.2) is 26.3 Å². The zero-order chi connectivity index (χ0) is 51.6. The molecule has 15 heteroatoms. The lowest BCUT2D eigenvalue weighted by Gasteiger charge is -2.26. The van der Waals surface area contributed by atoms with Crippen LogP contribution in [0.5, 0.6) is 0 Å². The summed E-state index contributed by atoms with van der Waals surface area (Å²) in [6.45, 7) is 26.5. The Morgan fingerprint density at radius 2 is 0.838 bits per heavy atom. The third-order valence-electron chi connectivity index (χ3n) is 9.73. The summed E-state index contributed by atoms with van der Waals surface area (Å²) in [5, 5.41) is 8.64. The maximum Gasteiger partial charge on any atom is 0.249 e. The largest absolute Gasteiger partial charge is 0.364 e. The van der Waals surface area contributed by atoms with Crippen LogP contribution in [0.25, 0.3) is 0 Å². The Kier molecular flexibility index (Phi) is 24.0. The molecular weight excluding hydrogens is 889 g/mol. The predicted octanol–water partition coefficient (Wildman–Crippen LogP) is 11.9. The average Bonchev–Trinajstić information content (AvgIpc) is 3.67. The van der Waals surface area contributed by atoms with E-state index >= 15 is 0 Å². The highest BCUT2D eigenvalue weighted by Crippen LogP contribution is 2.30. The van der Waals surface area contributed by atoms with Crippen LogP contribution in [-0.4, -0.2) is 52.7 Å². The van der Waals surface area contributed by atoms with Crippen LogP contribution in [0.4, 0.5) is 26.3 Å². The van der Waals surface area contributed by atoms with E-state index in [2.05, 4.69) is 22.5 Å². The molecule has 68 heavy (non-hydrogen) atoms. The molecule has 0 radical (unpaired) electrons. The van der Waals surface area contributed by atoms with Crippen molar-refractivity contribution in [1.82, 2.24) is 16.0 Å². The second kappa shape index (κ2) is 27.5. The number of amides is 3. The van der Waals surface area contributed by atoms with Crippen LogP contribution < -0.4 is 16.0 Å². The maximum atomic E-state index is 13.3. The summed E-state index contributed by atoms with van der Waals surface area (Å²) in [6.07, 6.45) is 4.14. The zero-order valence-electron chi connectivity index (χ0n) is 42.1. The highest BCUT2D eigenvalue weighted by Gasteiger charge is 2.29. The Hall–Kier alpha value is -4.73. The smallest absolute Gasteiger partial charge is 0.249 e. The SMILES string of the molecule is C=C(C)CC(OCc1cc(F)cc(F)c1)C(=O)NC(C)(C)C.CC(C)(C)NC(=O)C(CC1CCCC1)OCc1cc(F)cc(F)c1.CC(C)CC(OCc1cc(F)cc(F)c1)C(=O)NC(C)(C)C. The molecule has 0 aromatic heterocycles. The molecule has 3 N–H and O–H groups in total. The summed E-state index contributed by atoms with van der Waals surface area (Å²) in [5.74, 6) is -3.83. The molecule has 3 aromatic carbocycles. The van der Waals surface area contributed by atoms with Gasteiger partial charge in [-0.05, 0) is 147 Å². The van der Waals surface area contributed by atoms with Crippen molar-refractivity contribution in [2.24, 2.45) is 11.8 Å². The minimum atomic E-state index is -0.747. The van der Waals surface area contributed by atoms with Crippen LogP contribution in [0.2, 0.25) is 0 Å².